The van der Waals surface area contributed by atoms with Gasteiger partial charge in [0, 0.05) is 17.4 Å². The molecule has 0 saturated carbocycles. The summed E-state index contributed by atoms with van der Waals surface area (Å²) in [5.41, 5.74) is 0.903. The molecule has 0 spiro atoms. The highest BCUT2D eigenvalue weighted by atomic mass is 32.2. The van der Waals surface area contributed by atoms with E-state index in [0.717, 1.165) is 12.1 Å². The molecule has 0 unspecified atom stereocenters. The van der Waals surface area contributed by atoms with E-state index in [1.807, 2.05) is 0 Å². The average Bonchev–Trinajstić information content (AvgIpc) is 3.19. The van der Waals surface area contributed by atoms with Crippen LogP contribution in [0.1, 0.15) is 5.56 Å². The van der Waals surface area contributed by atoms with Gasteiger partial charge in [0.15, 0.2) is 0 Å². The van der Waals surface area contributed by atoms with Gasteiger partial charge in [-0.05, 0) is 42.9 Å². The van der Waals surface area contributed by atoms with E-state index in [-0.39, 0.29) is 4.90 Å². The molecule has 11 heteroatoms. The first-order valence-corrected chi connectivity index (χ1v) is 10.5. The van der Waals surface area contributed by atoms with Crippen LogP contribution in [0.4, 0.5) is 24.7 Å². The van der Waals surface area contributed by atoms with E-state index in [2.05, 4.69) is 25.0 Å². The number of aromatic nitrogens is 3. The molecule has 4 rings (SSSR count). The van der Waals surface area contributed by atoms with Crippen LogP contribution in [0.15, 0.2) is 66.0 Å². The van der Waals surface area contributed by atoms with Crippen LogP contribution in [-0.4, -0.2) is 30.4 Å². The molecule has 0 bridgehead atoms. The molecular weight excluding hydrogens is 431 g/mol. The van der Waals surface area contributed by atoms with Crippen molar-refractivity contribution in [1.82, 2.24) is 19.7 Å². The van der Waals surface area contributed by atoms with E-state index in [1.165, 1.54) is 31.6 Å². The summed E-state index contributed by atoms with van der Waals surface area (Å²) < 4.78 is 65.8. The van der Waals surface area contributed by atoms with Crippen molar-refractivity contribution >= 4 is 32.6 Å². The van der Waals surface area contributed by atoms with Gasteiger partial charge in [0.25, 0.3) is 0 Å². The van der Waals surface area contributed by atoms with E-state index in [4.69, 9.17) is 0 Å². The topological polar surface area (TPSA) is 99.8 Å². The molecule has 31 heavy (non-hydrogen) atoms. The number of fused-ring (bicyclic) bond motifs is 1. The van der Waals surface area contributed by atoms with E-state index in [1.54, 1.807) is 24.4 Å². The van der Waals surface area contributed by atoms with E-state index >= 15 is 0 Å². The van der Waals surface area contributed by atoms with Gasteiger partial charge in [0.2, 0.25) is 10.0 Å². The SMILES string of the molecule is CNS(=O)(=O)c1cccc(Nc2ncnc3[nH]cc(-c4cccc(C(F)(F)F)c4)c23)c1. The van der Waals surface area contributed by atoms with Gasteiger partial charge in [-0.3, -0.25) is 0 Å². The summed E-state index contributed by atoms with van der Waals surface area (Å²) in [7, 11) is -2.34. The first kappa shape index (κ1) is 20.8. The molecule has 0 saturated heterocycles. The summed E-state index contributed by atoms with van der Waals surface area (Å²) in [5.74, 6) is 0.317. The number of H-pyrrole nitrogens is 1. The minimum absolute atomic E-state index is 0.0532. The standard InChI is InChI=1S/C20H16F3N5O2S/c1-24-31(29,30)15-7-3-6-14(9-15)28-19-17-16(10-25-18(17)26-11-27-19)12-4-2-5-13(8-12)20(21,22)23/h2-11,24H,1H3,(H2,25,26,27,28). The average molecular weight is 447 g/mol. The minimum atomic E-state index is -4.47. The Labute approximate surface area is 175 Å². The van der Waals surface area contributed by atoms with Crippen molar-refractivity contribution < 1.29 is 21.6 Å². The molecule has 0 fully saturated rings. The quantitative estimate of drug-likeness (QED) is 0.424. The van der Waals surface area contributed by atoms with Crippen LogP contribution >= 0.6 is 0 Å². The van der Waals surface area contributed by atoms with E-state index < -0.39 is 21.8 Å². The number of nitrogens with one attached hydrogen (secondary N) is 3. The van der Waals surface area contributed by atoms with Crippen LogP contribution in [-0.2, 0) is 16.2 Å². The lowest BCUT2D eigenvalue weighted by Crippen LogP contribution is -2.18. The smallest absolute Gasteiger partial charge is 0.345 e. The first-order valence-electron chi connectivity index (χ1n) is 8.99. The molecule has 0 radical (unpaired) electrons. The molecule has 0 aliphatic rings. The summed E-state index contributed by atoms with van der Waals surface area (Å²) >= 11 is 0. The summed E-state index contributed by atoms with van der Waals surface area (Å²) in [6.45, 7) is 0. The van der Waals surface area contributed by atoms with Crippen LogP contribution < -0.4 is 10.0 Å². The predicted octanol–water partition coefficient (Wildman–Crippen LogP) is 4.30. The fraction of sp³-hybridized carbons (Fsp3) is 0.100. The van der Waals surface area contributed by atoms with Gasteiger partial charge in [-0.2, -0.15) is 13.2 Å². The monoisotopic (exact) mass is 447 g/mol. The highest BCUT2D eigenvalue weighted by molar-refractivity contribution is 7.89. The van der Waals surface area contributed by atoms with Gasteiger partial charge >= 0.3 is 6.18 Å². The molecule has 0 amide bonds. The Morgan fingerprint density at radius 2 is 1.81 bits per heavy atom. The zero-order valence-corrected chi connectivity index (χ0v) is 16.8. The third-order valence-corrected chi connectivity index (χ3v) is 6.06. The summed E-state index contributed by atoms with van der Waals surface area (Å²) in [6.07, 6.45) is -1.62. The number of hydrogen-bond donors (Lipinski definition) is 3. The maximum absolute atomic E-state index is 13.2. The minimum Gasteiger partial charge on any atom is -0.345 e. The number of sulfonamides is 1. The molecule has 160 valence electrons. The van der Waals surface area contributed by atoms with Crippen molar-refractivity contribution in [3.63, 3.8) is 0 Å². The molecule has 7 nitrogen and oxygen atoms in total. The number of halogens is 3. The van der Waals surface area contributed by atoms with Crippen molar-refractivity contribution in [3.05, 3.63) is 66.6 Å². The second-order valence-corrected chi connectivity index (χ2v) is 8.47. The van der Waals surface area contributed by atoms with Gasteiger partial charge in [-0.1, -0.05) is 18.2 Å². The molecule has 4 aromatic rings. The highest BCUT2D eigenvalue weighted by Gasteiger charge is 2.30. The van der Waals surface area contributed by atoms with Crippen molar-refractivity contribution in [2.75, 3.05) is 12.4 Å². The fourth-order valence-corrected chi connectivity index (χ4v) is 3.92. The van der Waals surface area contributed by atoms with E-state index in [0.29, 0.717) is 33.7 Å². The van der Waals surface area contributed by atoms with Crippen LogP contribution in [0.5, 0.6) is 0 Å². The zero-order chi connectivity index (χ0) is 22.2. The molecule has 0 aliphatic heterocycles. The number of nitrogens with zero attached hydrogens (tertiary/aromatic N) is 2. The Balaban J connectivity index is 1.80. The number of anilines is 2. The zero-order valence-electron chi connectivity index (χ0n) is 16.0. The lowest BCUT2D eigenvalue weighted by Gasteiger charge is -2.11. The van der Waals surface area contributed by atoms with Crippen LogP contribution in [0, 0.1) is 0 Å². The molecule has 0 atom stereocenters. The summed E-state index contributed by atoms with van der Waals surface area (Å²) in [6, 6.07) is 11.0. The Bertz CT molecular complexity index is 1370. The van der Waals surface area contributed by atoms with Crippen molar-refractivity contribution in [2.24, 2.45) is 0 Å². The Morgan fingerprint density at radius 3 is 2.55 bits per heavy atom. The molecule has 2 aromatic carbocycles. The Kier molecular flexibility index (Phi) is 5.15. The third kappa shape index (κ3) is 4.09. The third-order valence-electron chi connectivity index (χ3n) is 4.65. The summed E-state index contributed by atoms with van der Waals surface area (Å²) in [5, 5.41) is 3.51. The molecular formula is C20H16F3N5O2S. The van der Waals surface area contributed by atoms with Crippen LogP contribution in [0.2, 0.25) is 0 Å². The second-order valence-electron chi connectivity index (χ2n) is 6.59. The van der Waals surface area contributed by atoms with Crippen molar-refractivity contribution in [1.29, 1.82) is 0 Å². The van der Waals surface area contributed by atoms with Gasteiger partial charge in [-0.25, -0.2) is 23.1 Å². The predicted molar refractivity (Wildman–Crippen MR) is 110 cm³/mol. The van der Waals surface area contributed by atoms with Crippen molar-refractivity contribution in [3.8, 4) is 11.1 Å². The van der Waals surface area contributed by atoms with Gasteiger partial charge in [0.05, 0.1) is 15.8 Å². The number of benzene rings is 2. The second kappa shape index (κ2) is 7.67. The summed E-state index contributed by atoms with van der Waals surface area (Å²) in [4.78, 5) is 11.3. The maximum atomic E-state index is 13.2. The molecule has 2 heterocycles. The van der Waals surface area contributed by atoms with Crippen LogP contribution in [0.25, 0.3) is 22.2 Å². The lowest BCUT2D eigenvalue weighted by atomic mass is 10.0. The lowest BCUT2D eigenvalue weighted by molar-refractivity contribution is -0.137. The maximum Gasteiger partial charge on any atom is 0.416 e. The Hall–Kier alpha value is -3.44. The van der Waals surface area contributed by atoms with Crippen molar-refractivity contribution in [2.45, 2.75) is 11.1 Å². The first-order chi connectivity index (χ1) is 14.7. The number of alkyl halides is 3. The molecule has 3 N–H and O–H groups in total. The number of aromatic amines is 1. The van der Waals surface area contributed by atoms with E-state index in [9.17, 15) is 21.6 Å². The van der Waals surface area contributed by atoms with Crippen LogP contribution in [0.3, 0.4) is 0 Å². The van der Waals surface area contributed by atoms with Gasteiger partial charge in [0.1, 0.15) is 17.8 Å². The molecule has 2 aromatic heterocycles. The largest absolute Gasteiger partial charge is 0.416 e. The molecule has 0 aliphatic carbocycles. The number of hydrogen-bond acceptors (Lipinski definition) is 5. The van der Waals surface area contributed by atoms with Gasteiger partial charge in [-0.15, -0.1) is 0 Å². The van der Waals surface area contributed by atoms with Gasteiger partial charge < -0.3 is 10.3 Å². The fourth-order valence-electron chi connectivity index (χ4n) is 3.14. The Morgan fingerprint density at radius 1 is 1.03 bits per heavy atom. The number of rotatable bonds is 5. The highest BCUT2D eigenvalue weighted by Crippen LogP contribution is 2.36. The normalized spacial score (nSPS) is 12.3.